The summed E-state index contributed by atoms with van der Waals surface area (Å²) in [6.45, 7) is 1.72. The van der Waals surface area contributed by atoms with Crippen LogP contribution in [0, 0.1) is 10.8 Å². The van der Waals surface area contributed by atoms with E-state index in [1.807, 2.05) is 0 Å². The van der Waals surface area contributed by atoms with Gasteiger partial charge in [-0.15, -0.1) is 0 Å². The van der Waals surface area contributed by atoms with Crippen molar-refractivity contribution in [2.45, 2.75) is 103 Å². The standard InChI is InChI=1S/C20H34O4/c1-16(21)19(12-13-19)10-6-2-4-8-17(22)9-5-3-7-11-20(14-15-20)18(23)24/h17,22H,2-15H2,1H3,(H,23,24). The van der Waals surface area contributed by atoms with E-state index < -0.39 is 11.4 Å². The molecule has 2 aliphatic rings. The van der Waals surface area contributed by atoms with Crippen LogP contribution >= 0.6 is 0 Å². The quantitative estimate of drug-likeness (QED) is 0.458. The number of carboxylic acid groups (broad SMARTS) is 1. The maximum atomic E-state index is 11.5. The van der Waals surface area contributed by atoms with Gasteiger partial charge >= 0.3 is 5.97 Å². The third-order valence-electron chi connectivity index (χ3n) is 6.29. The van der Waals surface area contributed by atoms with Crippen molar-refractivity contribution < 1.29 is 19.8 Å². The molecule has 138 valence electrons. The molecule has 4 heteroatoms. The Morgan fingerprint density at radius 2 is 1.29 bits per heavy atom. The molecule has 0 bridgehead atoms. The SMILES string of the molecule is CC(=O)C1(CCCCCC(O)CCCCCC2(C(=O)O)CC2)CC1. The Kier molecular flexibility index (Phi) is 6.85. The Morgan fingerprint density at radius 3 is 1.67 bits per heavy atom. The molecule has 1 unspecified atom stereocenters. The second kappa shape index (κ2) is 8.46. The minimum absolute atomic E-state index is 0.0352. The molecule has 0 aliphatic heterocycles. The van der Waals surface area contributed by atoms with Gasteiger partial charge in [-0.1, -0.05) is 38.5 Å². The number of carbonyl (C=O) groups is 2. The highest BCUT2D eigenvalue weighted by molar-refractivity contribution is 5.84. The molecule has 4 nitrogen and oxygen atoms in total. The van der Waals surface area contributed by atoms with Crippen molar-refractivity contribution in [2.24, 2.45) is 10.8 Å². The summed E-state index contributed by atoms with van der Waals surface area (Å²) < 4.78 is 0. The van der Waals surface area contributed by atoms with Gasteiger partial charge in [0.05, 0.1) is 11.5 Å². The Morgan fingerprint density at radius 1 is 0.833 bits per heavy atom. The van der Waals surface area contributed by atoms with Crippen LogP contribution in [-0.2, 0) is 9.59 Å². The molecule has 0 aromatic heterocycles. The van der Waals surface area contributed by atoms with E-state index in [0.717, 1.165) is 89.9 Å². The Bertz CT molecular complexity index is 395. The molecule has 0 heterocycles. The van der Waals surface area contributed by atoms with Crippen LogP contribution in [0.2, 0.25) is 0 Å². The van der Waals surface area contributed by atoms with Crippen molar-refractivity contribution in [3.8, 4) is 0 Å². The molecule has 0 aromatic carbocycles. The van der Waals surface area contributed by atoms with Crippen LogP contribution in [0.25, 0.3) is 0 Å². The van der Waals surface area contributed by atoms with Crippen LogP contribution < -0.4 is 0 Å². The molecule has 0 spiro atoms. The molecule has 2 N–H and O–H groups in total. The summed E-state index contributed by atoms with van der Waals surface area (Å²) in [4.78, 5) is 22.6. The van der Waals surface area contributed by atoms with Gasteiger partial charge in [-0.3, -0.25) is 9.59 Å². The van der Waals surface area contributed by atoms with Crippen LogP contribution in [-0.4, -0.2) is 28.1 Å². The van der Waals surface area contributed by atoms with Gasteiger partial charge in [0, 0.05) is 5.41 Å². The third-order valence-corrected chi connectivity index (χ3v) is 6.29. The van der Waals surface area contributed by atoms with Gasteiger partial charge in [0.25, 0.3) is 0 Å². The largest absolute Gasteiger partial charge is 0.481 e. The number of carboxylic acids is 1. The molecular weight excluding hydrogens is 304 g/mol. The molecule has 2 saturated carbocycles. The van der Waals surface area contributed by atoms with Crippen LogP contribution in [0.3, 0.4) is 0 Å². The molecule has 0 saturated heterocycles. The maximum absolute atomic E-state index is 11.5. The van der Waals surface area contributed by atoms with Gasteiger partial charge in [0.15, 0.2) is 0 Å². The van der Waals surface area contributed by atoms with Gasteiger partial charge in [0.1, 0.15) is 5.78 Å². The zero-order valence-corrected chi connectivity index (χ0v) is 15.2. The molecule has 2 fully saturated rings. The predicted octanol–water partition coefficient (Wildman–Crippen LogP) is 4.48. The average Bonchev–Trinajstić information content (AvgIpc) is 3.42. The molecule has 2 rings (SSSR count). The number of carbonyl (C=O) groups excluding carboxylic acids is 1. The lowest BCUT2D eigenvalue weighted by Gasteiger charge is -2.13. The van der Waals surface area contributed by atoms with E-state index in [1.165, 1.54) is 0 Å². The Hall–Kier alpha value is -0.900. The highest BCUT2D eigenvalue weighted by atomic mass is 16.4. The van der Waals surface area contributed by atoms with Crippen molar-refractivity contribution in [3.05, 3.63) is 0 Å². The fourth-order valence-corrected chi connectivity index (χ4v) is 3.84. The van der Waals surface area contributed by atoms with Gasteiger partial charge in [-0.2, -0.15) is 0 Å². The summed E-state index contributed by atoms with van der Waals surface area (Å²) in [6, 6.07) is 0. The highest BCUT2D eigenvalue weighted by Gasteiger charge is 2.49. The monoisotopic (exact) mass is 338 g/mol. The van der Waals surface area contributed by atoms with E-state index in [1.54, 1.807) is 6.92 Å². The average molecular weight is 338 g/mol. The van der Waals surface area contributed by atoms with Crippen molar-refractivity contribution in [2.75, 3.05) is 0 Å². The maximum Gasteiger partial charge on any atom is 0.309 e. The van der Waals surface area contributed by atoms with E-state index in [-0.39, 0.29) is 11.5 Å². The smallest absolute Gasteiger partial charge is 0.309 e. The summed E-state index contributed by atoms with van der Waals surface area (Å²) in [5.74, 6) is -0.265. The van der Waals surface area contributed by atoms with Gasteiger partial charge < -0.3 is 10.2 Å². The predicted molar refractivity (Wildman–Crippen MR) is 93.8 cm³/mol. The minimum atomic E-state index is -0.625. The summed E-state index contributed by atoms with van der Waals surface area (Å²) in [6.07, 6.45) is 13.4. The second-order valence-electron chi connectivity index (χ2n) is 8.27. The molecule has 24 heavy (non-hydrogen) atoms. The zero-order chi connectivity index (χ0) is 17.6. The van der Waals surface area contributed by atoms with Crippen LogP contribution in [0.5, 0.6) is 0 Å². The first-order valence-electron chi connectivity index (χ1n) is 9.83. The minimum Gasteiger partial charge on any atom is -0.481 e. The lowest BCUT2D eigenvalue weighted by molar-refractivity contribution is -0.143. The van der Waals surface area contributed by atoms with E-state index in [9.17, 15) is 14.7 Å². The van der Waals surface area contributed by atoms with E-state index in [2.05, 4.69) is 0 Å². The second-order valence-corrected chi connectivity index (χ2v) is 8.27. The lowest BCUT2D eigenvalue weighted by Crippen LogP contribution is -2.14. The van der Waals surface area contributed by atoms with Gasteiger partial charge in [0.2, 0.25) is 0 Å². The molecule has 0 radical (unpaired) electrons. The first-order chi connectivity index (χ1) is 11.4. The number of aliphatic hydroxyl groups is 1. The number of aliphatic hydroxyl groups excluding tert-OH is 1. The molecule has 2 aliphatic carbocycles. The molecule has 1 atom stereocenters. The van der Waals surface area contributed by atoms with Crippen LogP contribution in [0.15, 0.2) is 0 Å². The third kappa shape index (κ3) is 5.58. The zero-order valence-electron chi connectivity index (χ0n) is 15.2. The van der Waals surface area contributed by atoms with Crippen molar-refractivity contribution in [1.82, 2.24) is 0 Å². The summed E-state index contributed by atoms with van der Waals surface area (Å²) in [5, 5.41) is 19.1. The van der Waals surface area contributed by atoms with Crippen molar-refractivity contribution in [3.63, 3.8) is 0 Å². The number of Topliss-reactive ketones (excluding diaryl/α,β-unsaturated/α-hetero) is 1. The summed E-state index contributed by atoms with van der Waals surface area (Å²) >= 11 is 0. The number of rotatable bonds is 14. The number of aliphatic carboxylic acids is 1. The normalized spacial score (nSPS) is 21.2. The molecule has 0 amide bonds. The summed E-state index contributed by atoms with van der Waals surface area (Å²) in [5.41, 5.74) is -0.356. The first-order valence-corrected chi connectivity index (χ1v) is 9.83. The summed E-state index contributed by atoms with van der Waals surface area (Å²) in [7, 11) is 0. The van der Waals surface area contributed by atoms with E-state index >= 15 is 0 Å². The van der Waals surface area contributed by atoms with Crippen molar-refractivity contribution in [1.29, 1.82) is 0 Å². The van der Waals surface area contributed by atoms with Gasteiger partial charge in [-0.05, 0) is 58.3 Å². The molecular formula is C20H34O4. The number of unbranched alkanes of at least 4 members (excludes halogenated alkanes) is 4. The number of ketones is 1. The highest BCUT2D eigenvalue weighted by Crippen LogP contribution is 2.51. The van der Waals surface area contributed by atoms with E-state index in [4.69, 9.17) is 5.11 Å². The van der Waals surface area contributed by atoms with Crippen molar-refractivity contribution >= 4 is 11.8 Å². The fraction of sp³-hybridized carbons (Fsp3) is 0.900. The Balaban J connectivity index is 1.41. The van der Waals surface area contributed by atoms with E-state index in [0.29, 0.717) is 5.78 Å². The topological polar surface area (TPSA) is 74.6 Å². The fourth-order valence-electron chi connectivity index (χ4n) is 3.84. The van der Waals surface area contributed by atoms with Crippen LogP contribution in [0.4, 0.5) is 0 Å². The van der Waals surface area contributed by atoms with Crippen LogP contribution in [0.1, 0.15) is 96.8 Å². The lowest BCUT2D eigenvalue weighted by atomic mass is 9.93. The first kappa shape index (κ1) is 19.4. The molecule has 0 aromatic rings. The Labute approximate surface area is 146 Å². The van der Waals surface area contributed by atoms with Gasteiger partial charge in [-0.25, -0.2) is 0 Å². The number of hydrogen-bond donors (Lipinski definition) is 2. The number of hydrogen-bond acceptors (Lipinski definition) is 3.